The summed E-state index contributed by atoms with van der Waals surface area (Å²) in [4.78, 5) is 17.8. The number of hydrogen-bond acceptors (Lipinski definition) is 5. The predicted octanol–water partition coefficient (Wildman–Crippen LogP) is 14.7. The molecule has 11 aromatic rings. The summed E-state index contributed by atoms with van der Waals surface area (Å²) in [6.07, 6.45) is 0. The Morgan fingerprint density at radius 2 is 0.833 bits per heavy atom. The fourth-order valence-corrected chi connectivity index (χ4v) is 8.20. The molecule has 0 saturated carbocycles. The molecule has 60 heavy (non-hydrogen) atoms. The minimum atomic E-state index is 0.549. The van der Waals surface area contributed by atoms with Gasteiger partial charge in [0.05, 0.1) is 11.1 Å². The average Bonchev–Trinajstić information content (AvgIpc) is 3.71. The summed E-state index contributed by atoms with van der Waals surface area (Å²) in [5.41, 5.74) is 11.8. The zero-order valence-electron chi connectivity index (χ0n) is 32.5. The topological polar surface area (TPSA) is 55.1 Å². The van der Waals surface area contributed by atoms with Gasteiger partial charge in [0.15, 0.2) is 17.5 Å². The van der Waals surface area contributed by atoms with Crippen molar-refractivity contribution in [3.05, 3.63) is 218 Å². The summed E-state index contributed by atoms with van der Waals surface area (Å²) >= 11 is 0. The first-order valence-electron chi connectivity index (χ1n) is 20.1. The quantitative estimate of drug-likeness (QED) is 0.154. The second-order valence-electron chi connectivity index (χ2n) is 14.8. The molecule has 0 N–H and O–H groups in total. The van der Waals surface area contributed by atoms with Crippen molar-refractivity contribution in [1.82, 2.24) is 15.0 Å². The van der Waals surface area contributed by atoms with E-state index in [2.05, 4.69) is 169 Å². The first-order valence-corrected chi connectivity index (χ1v) is 20.1. The fraction of sp³-hybridized carbons (Fsp3) is 0. The molecule has 0 aliphatic rings. The summed E-state index contributed by atoms with van der Waals surface area (Å²) in [6, 6.07) is 75.7. The van der Waals surface area contributed by atoms with Gasteiger partial charge in [0, 0.05) is 33.5 Å². The number of fused-ring (bicyclic) bond motifs is 4. The second-order valence-corrected chi connectivity index (χ2v) is 14.8. The van der Waals surface area contributed by atoms with Gasteiger partial charge in [0.2, 0.25) is 0 Å². The standard InChI is InChI=1S/C55H36N4O/c1-4-15-37(16-5-1)38-31-33-45(34-32-38)59(44-21-8-3-9-22-44)49-35-43(36-51-52(49)48-24-12-13-26-50(48)60-51)55-57-53(41-18-6-2-7-19-41)56-54(58-55)42-29-27-40(28-30-42)47-25-14-20-39-17-10-11-23-46(39)47/h1-36H. The van der Waals surface area contributed by atoms with E-state index in [0.29, 0.717) is 17.5 Å². The van der Waals surface area contributed by atoms with Gasteiger partial charge in [-0.2, -0.15) is 0 Å². The number of aromatic nitrogens is 3. The molecule has 11 rings (SSSR count). The Hall–Kier alpha value is -8.15. The van der Waals surface area contributed by atoms with Crippen LogP contribution in [0.2, 0.25) is 0 Å². The van der Waals surface area contributed by atoms with Crippen molar-refractivity contribution >= 4 is 49.8 Å². The predicted molar refractivity (Wildman–Crippen MR) is 246 cm³/mol. The van der Waals surface area contributed by atoms with Crippen LogP contribution in [0.4, 0.5) is 17.1 Å². The Morgan fingerprint density at radius 1 is 0.333 bits per heavy atom. The third-order valence-electron chi connectivity index (χ3n) is 11.1. The highest BCUT2D eigenvalue weighted by Crippen LogP contribution is 2.45. The highest BCUT2D eigenvalue weighted by atomic mass is 16.3. The number of benzene rings is 9. The van der Waals surface area contributed by atoms with E-state index in [1.54, 1.807) is 0 Å². The first-order chi connectivity index (χ1) is 29.7. The van der Waals surface area contributed by atoms with Crippen LogP contribution in [0.15, 0.2) is 223 Å². The van der Waals surface area contributed by atoms with Crippen molar-refractivity contribution in [2.45, 2.75) is 0 Å². The molecule has 0 saturated heterocycles. The summed E-state index contributed by atoms with van der Waals surface area (Å²) in [5, 5.41) is 4.47. The molecule has 5 heteroatoms. The Kier molecular flexibility index (Phi) is 8.75. The maximum Gasteiger partial charge on any atom is 0.164 e. The van der Waals surface area contributed by atoms with Gasteiger partial charge in [-0.25, -0.2) is 15.0 Å². The van der Waals surface area contributed by atoms with E-state index in [1.165, 1.54) is 21.9 Å². The van der Waals surface area contributed by atoms with E-state index in [0.717, 1.165) is 66.8 Å². The third-order valence-corrected chi connectivity index (χ3v) is 11.1. The van der Waals surface area contributed by atoms with Gasteiger partial charge in [-0.05, 0) is 75.5 Å². The molecule has 2 heterocycles. The van der Waals surface area contributed by atoms with E-state index in [1.807, 2.05) is 54.6 Å². The van der Waals surface area contributed by atoms with Crippen molar-refractivity contribution in [3.63, 3.8) is 0 Å². The molecule has 0 spiro atoms. The van der Waals surface area contributed by atoms with Crippen molar-refractivity contribution in [2.24, 2.45) is 0 Å². The molecule has 0 fully saturated rings. The van der Waals surface area contributed by atoms with E-state index < -0.39 is 0 Å². The number of anilines is 3. The van der Waals surface area contributed by atoms with Gasteiger partial charge in [-0.3, -0.25) is 0 Å². The van der Waals surface area contributed by atoms with Crippen LogP contribution < -0.4 is 4.90 Å². The maximum atomic E-state index is 6.67. The van der Waals surface area contributed by atoms with Crippen LogP contribution in [-0.2, 0) is 0 Å². The largest absolute Gasteiger partial charge is 0.456 e. The van der Waals surface area contributed by atoms with Crippen molar-refractivity contribution < 1.29 is 4.42 Å². The summed E-state index contributed by atoms with van der Waals surface area (Å²) in [7, 11) is 0. The van der Waals surface area contributed by atoms with Crippen molar-refractivity contribution in [1.29, 1.82) is 0 Å². The van der Waals surface area contributed by atoms with Gasteiger partial charge in [-0.15, -0.1) is 0 Å². The lowest BCUT2D eigenvalue weighted by Gasteiger charge is -2.27. The molecule has 2 aromatic heterocycles. The number of furan rings is 1. The smallest absolute Gasteiger partial charge is 0.164 e. The highest BCUT2D eigenvalue weighted by Gasteiger charge is 2.23. The lowest BCUT2D eigenvalue weighted by molar-refractivity contribution is 0.669. The summed E-state index contributed by atoms with van der Waals surface area (Å²) < 4.78 is 6.67. The summed E-state index contributed by atoms with van der Waals surface area (Å²) in [5.74, 6) is 1.73. The molecular weight excluding hydrogens is 733 g/mol. The van der Waals surface area contributed by atoms with Crippen LogP contribution in [0.3, 0.4) is 0 Å². The minimum absolute atomic E-state index is 0.549. The van der Waals surface area contributed by atoms with Crippen LogP contribution >= 0.6 is 0 Å². The Balaban J connectivity index is 1.10. The molecule has 0 amide bonds. The monoisotopic (exact) mass is 768 g/mol. The Bertz CT molecular complexity index is 3290. The molecule has 0 unspecified atom stereocenters. The normalized spacial score (nSPS) is 11.3. The van der Waals surface area contributed by atoms with Crippen LogP contribution in [-0.4, -0.2) is 15.0 Å². The average molecular weight is 769 g/mol. The van der Waals surface area contributed by atoms with Crippen molar-refractivity contribution in [2.75, 3.05) is 4.90 Å². The molecule has 5 nitrogen and oxygen atoms in total. The minimum Gasteiger partial charge on any atom is -0.456 e. The Labute approximate surface area is 347 Å². The Morgan fingerprint density at radius 3 is 1.55 bits per heavy atom. The lowest BCUT2D eigenvalue weighted by Crippen LogP contribution is -2.10. The fourth-order valence-electron chi connectivity index (χ4n) is 8.20. The highest BCUT2D eigenvalue weighted by molar-refractivity contribution is 6.14. The molecule has 0 radical (unpaired) electrons. The van der Waals surface area contributed by atoms with E-state index in [4.69, 9.17) is 19.4 Å². The van der Waals surface area contributed by atoms with Crippen LogP contribution in [0, 0.1) is 0 Å². The molecule has 0 atom stereocenters. The molecule has 0 aliphatic carbocycles. The first kappa shape index (κ1) is 35.0. The van der Waals surface area contributed by atoms with E-state index >= 15 is 0 Å². The van der Waals surface area contributed by atoms with Gasteiger partial charge >= 0.3 is 0 Å². The lowest BCUT2D eigenvalue weighted by atomic mass is 9.97. The van der Waals surface area contributed by atoms with Crippen LogP contribution in [0.1, 0.15) is 0 Å². The second kappa shape index (κ2) is 15.0. The van der Waals surface area contributed by atoms with E-state index in [9.17, 15) is 0 Å². The summed E-state index contributed by atoms with van der Waals surface area (Å²) in [6.45, 7) is 0. The maximum absolute atomic E-state index is 6.67. The number of nitrogens with zero attached hydrogens (tertiary/aromatic N) is 4. The van der Waals surface area contributed by atoms with Crippen molar-refractivity contribution in [3.8, 4) is 56.4 Å². The molecule has 0 aliphatic heterocycles. The zero-order chi connectivity index (χ0) is 39.8. The SMILES string of the molecule is c1ccc(-c2ccc(N(c3ccccc3)c3cc(-c4nc(-c5ccccc5)nc(-c5ccc(-c6cccc7ccccc67)cc5)n4)cc4oc5ccccc5c34)cc2)cc1. The molecular formula is C55H36N4O. The third kappa shape index (κ3) is 6.45. The number of rotatable bonds is 8. The zero-order valence-corrected chi connectivity index (χ0v) is 32.5. The molecule has 9 aromatic carbocycles. The number of hydrogen-bond donors (Lipinski definition) is 0. The van der Waals surface area contributed by atoms with Gasteiger partial charge < -0.3 is 9.32 Å². The van der Waals surface area contributed by atoms with Gasteiger partial charge in [-0.1, -0.05) is 176 Å². The molecule has 282 valence electrons. The van der Waals surface area contributed by atoms with Gasteiger partial charge in [0.1, 0.15) is 11.2 Å². The van der Waals surface area contributed by atoms with Crippen LogP contribution in [0.25, 0.3) is 89.1 Å². The number of para-hydroxylation sites is 2. The van der Waals surface area contributed by atoms with E-state index in [-0.39, 0.29) is 0 Å². The van der Waals surface area contributed by atoms with Crippen LogP contribution in [0.5, 0.6) is 0 Å². The van der Waals surface area contributed by atoms with Gasteiger partial charge in [0.25, 0.3) is 0 Å². The molecule has 0 bridgehead atoms.